The van der Waals surface area contributed by atoms with Crippen molar-refractivity contribution in [1.82, 2.24) is 15.5 Å². The highest BCUT2D eigenvalue weighted by molar-refractivity contribution is 6.01. The van der Waals surface area contributed by atoms with Crippen LogP contribution in [0.3, 0.4) is 0 Å². The highest BCUT2D eigenvalue weighted by atomic mass is 35.5. The summed E-state index contributed by atoms with van der Waals surface area (Å²) in [6.07, 6.45) is 3.54. The van der Waals surface area contributed by atoms with E-state index >= 15 is 0 Å². The number of nitrogens with zero attached hydrogens (tertiary/aromatic N) is 2. The van der Waals surface area contributed by atoms with Gasteiger partial charge in [-0.2, -0.15) is 0 Å². The lowest BCUT2D eigenvalue weighted by atomic mass is 9.97. The van der Waals surface area contributed by atoms with Crippen LogP contribution >= 0.6 is 37.2 Å². The van der Waals surface area contributed by atoms with Crippen LogP contribution in [-0.2, 0) is 9.59 Å². The van der Waals surface area contributed by atoms with Gasteiger partial charge in [-0.3, -0.25) is 19.8 Å². The molecular formula is C21H34Cl3N5O2. The molecule has 3 saturated heterocycles. The molecule has 1 aromatic carbocycles. The molecule has 0 saturated carbocycles. The van der Waals surface area contributed by atoms with Gasteiger partial charge < -0.3 is 15.5 Å². The molecule has 0 aromatic heterocycles. The molecule has 1 atom stereocenters. The molecule has 0 aliphatic carbocycles. The maximum atomic E-state index is 12.0. The highest BCUT2D eigenvalue weighted by Crippen LogP contribution is 2.23. The molecule has 3 aliphatic rings. The maximum Gasteiger partial charge on any atom is 0.249 e. The highest BCUT2D eigenvalue weighted by Gasteiger charge is 2.26. The first kappa shape index (κ1) is 27.8. The summed E-state index contributed by atoms with van der Waals surface area (Å²) in [5.41, 5.74) is 2.13. The monoisotopic (exact) mass is 493 g/mol. The Labute approximate surface area is 203 Å². The van der Waals surface area contributed by atoms with E-state index < -0.39 is 0 Å². The van der Waals surface area contributed by atoms with Crippen LogP contribution in [-0.4, -0.2) is 68.6 Å². The van der Waals surface area contributed by atoms with Gasteiger partial charge in [0, 0.05) is 50.5 Å². The Morgan fingerprint density at radius 3 is 2.35 bits per heavy atom. The van der Waals surface area contributed by atoms with Crippen LogP contribution in [0, 0.1) is 5.92 Å². The van der Waals surface area contributed by atoms with Crippen LogP contribution in [0.1, 0.15) is 25.7 Å². The number of carbonyl (C=O) groups excluding carboxylic acids is 2. The molecular weight excluding hydrogens is 461 g/mol. The van der Waals surface area contributed by atoms with Crippen LogP contribution in [0.15, 0.2) is 24.3 Å². The average molecular weight is 495 g/mol. The summed E-state index contributed by atoms with van der Waals surface area (Å²) < 4.78 is 0. The Morgan fingerprint density at radius 2 is 1.68 bits per heavy atom. The number of hydrogen-bond acceptors (Lipinski definition) is 6. The molecule has 1 unspecified atom stereocenters. The number of hydrogen-bond donors (Lipinski definition) is 3. The Morgan fingerprint density at radius 1 is 0.968 bits per heavy atom. The molecule has 0 radical (unpaired) electrons. The third-order valence-corrected chi connectivity index (χ3v) is 6.14. The van der Waals surface area contributed by atoms with Crippen LogP contribution in [0.25, 0.3) is 0 Å². The fraction of sp³-hybridized carbons (Fsp3) is 0.619. The lowest BCUT2D eigenvalue weighted by Gasteiger charge is -2.38. The number of carbonyl (C=O) groups is 2. The molecule has 3 fully saturated rings. The summed E-state index contributed by atoms with van der Waals surface area (Å²) in [5, 5.41) is 9.14. The van der Waals surface area contributed by atoms with Gasteiger partial charge in [0.15, 0.2) is 0 Å². The zero-order chi connectivity index (χ0) is 19.3. The fourth-order valence-corrected chi connectivity index (χ4v) is 4.44. The Bertz CT molecular complexity index is 710. The first-order valence-corrected chi connectivity index (χ1v) is 10.6. The Kier molecular flexibility index (Phi) is 11.9. The minimum atomic E-state index is -0.338. The Hall–Kier alpha value is -1.25. The van der Waals surface area contributed by atoms with Crippen molar-refractivity contribution in [2.45, 2.75) is 31.7 Å². The number of amides is 2. The van der Waals surface area contributed by atoms with E-state index in [0.29, 0.717) is 12.8 Å². The minimum absolute atomic E-state index is 0. The SMILES string of the molecule is Cl.Cl.Cl.O=C1CCC(Nc2cccc(N3CCN(CC4CCNCC4)CC3)c2)C(=O)N1. The second-order valence-corrected chi connectivity index (χ2v) is 8.18. The number of anilines is 2. The van der Waals surface area contributed by atoms with Gasteiger partial charge in [-0.05, 0) is 56.5 Å². The molecule has 7 nitrogen and oxygen atoms in total. The molecule has 3 heterocycles. The topological polar surface area (TPSA) is 76.7 Å². The smallest absolute Gasteiger partial charge is 0.249 e. The molecule has 3 aliphatic heterocycles. The van der Waals surface area contributed by atoms with E-state index in [1.165, 1.54) is 25.1 Å². The first-order chi connectivity index (χ1) is 13.7. The number of benzene rings is 1. The minimum Gasteiger partial charge on any atom is -0.374 e. The standard InChI is InChI=1S/C21H31N5O2.3ClH/c27-20-5-4-19(21(28)24-20)23-17-2-1-3-18(14-17)26-12-10-25(11-13-26)15-16-6-8-22-9-7-16;;;/h1-3,14,16,19,22-23H,4-13,15H2,(H,24,27,28);3*1H. The molecule has 31 heavy (non-hydrogen) atoms. The third kappa shape index (κ3) is 7.68. The lowest BCUT2D eigenvalue weighted by Crippen LogP contribution is -2.48. The third-order valence-electron chi connectivity index (χ3n) is 6.14. The van der Waals surface area contributed by atoms with Crippen molar-refractivity contribution in [2.75, 3.05) is 56.0 Å². The number of rotatable bonds is 5. The molecule has 4 rings (SSSR count). The van der Waals surface area contributed by atoms with Crippen LogP contribution in [0.2, 0.25) is 0 Å². The van der Waals surface area contributed by atoms with Crippen molar-refractivity contribution in [2.24, 2.45) is 5.92 Å². The van der Waals surface area contributed by atoms with Crippen molar-refractivity contribution >= 4 is 60.4 Å². The van der Waals surface area contributed by atoms with Gasteiger partial charge in [-0.25, -0.2) is 0 Å². The number of piperidine rings is 2. The summed E-state index contributed by atoms with van der Waals surface area (Å²) in [6, 6.07) is 7.94. The van der Waals surface area contributed by atoms with E-state index in [0.717, 1.165) is 50.9 Å². The van der Waals surface area contributed by atoms with E-state index in [4.69, 9.17) is 0 Å². The summed E-state index contributed by atoms with van der Waals surface area (Å²) in [5.74, 6) is 0.432. The summed E-state index contributed by atoms with van der Waals surface area (Å²) in [4.78, 5) is 28.3. The van der Waals surface area contributed by atoms with Crippen LogP contribution in [0.5, 0.6) is 0 Å². The predicted octanol–water partition coefficient (Wildman–Crippen LogP) is 2.29. The molecule has 1 aromatic rings. The zero-order valence-corrected chi connectivity index (χ0v) is 20.1. The number of piperazine rings is 1. The number of imide groups is 1. The lowest BCUT2D eigenvalue weighted by molar-refractivity contribution is -0.133. The molecule has 3 N–H and O–H groups in total. The maximum absolute atomic E-state index is 12.0. The van der Waals surface area contributed by atoms with Crippen molar-refractivity contribution in [3.05, 3.63) is 24.3 Å². The molecule has 2 amide bonds. The summed E-state index contributed by atoms with van der Waals surface area (Å²) >= 11 is 0. The number of nitrogens with one attached hydrogen (secondary N) is 3. The van der Waals surface area contributed by atoms with Gasteiger partial charge in [0.1, 0.15) is 6.04 Å². The normalized spacial score (nSPS) is 22.5. The van der Waals surface area contributed by atoms with Gasteiger partial charge in [-0.1, -0.05) is 6.07 Å². The quantitative estimate of drug-likeness (QED) is 0.545. The number of halogens is 3. The van der Waals surface area contributed by atoms with E-state index in [1.54, 1.807) is 0 Å². The zero-order valence-electron chi connectivity index (χ0n) is 17.7. The average Bonchev–Trinajstić information content (AvgIpc) is 2.72. The Balaban J connectivity index is 0.00000160. The predicted molar refractivity (Wildman–Crippen MR) is 132 cm³/mol. The second kappa shape index (κ2) is 13.3. The van der Waals surface area contributed by atoms with E-state index in [1.807, 2.05) is 12.1 Å². The van der Waals surface area contributed by atoms with Crippen LogP contribution < -0.4 is 20.9 Å². The van der Waals surface area contributed by atoms with Crippen molar-refractivity contribution < 1.29 is 9.59 Å². The van der Waals surface area contributed by atoms with Gasteiger partial charge in [0.25, 0.3) is 0 Å². The van der Waals surface area contributed by atoms with Gasteiger partial charge in [0.05, 0.1) is 0 Å². The molecule has 176 valence electrons. The van der Waals surface area contributed by atoms with Gasteiger partial charge in [0.2, 0.25) is 11.8 Å². The van der Waals surface area contributed by atoms with E-state index in [9.17, 15) is 9.59 Å². The second-order valence-electron chi connectivity index (χ2n) is 8.18. The summed E-state index contributed by atoms with van der Waals surface area (Å²) in [7, 11) is 0. The van der Waals surface area contributed by atoms with E-state index in [-0.39, 0.29) is 55.1 Å². The largest absolute Gasteiger partial charge is 0.374 e. The first-order valence-electron chi connectivity index (χ1n) is 10.6. The van der Waals surface area contributed by atoms with E-state index in [2.05, 4.69) is 37.9 Å². The van der Waals surface area contributed by atoms with Crippen molar-refractivity contribution in [3.8, 4) is 0 Å². The summed E-state index contributed by atoms with van der Waals surface area (Å²) in [6.45, 7) is 7.84. The van der Waals surface area contributed by atoms with Crippen molar-refractivity contribution in [1.29, 1.82) is 0 Å². The van der Waals surface area contributed by atoms with Gasteiger partial charge >= 0.3 is 0 Å². The molecule has 10 heteroatoms. The van der Waals surface area contributed by atoms with Gasteiger partial charge in [-0.15, -0.1) is 37.2 Å². The van der Waals surface area contributed by atoms with Crippen LogP contribution in [0.4, 0.5) is 11.4 Å². The molecule has 0 bridgehead atoms. The van der Waals surface area contributed by atoms with Crippen molar-refractivity contribution in [3.63, 3.8) is 0 Å². The fourth-order valence-electron chi connectivity index (χ4n) is 4.44. The molecule has 0 spiro atoms.